The minimum atomic E-state index is -0.464. The molecule has 2 aliphatic rings. The molecule has 0 N–H and O–H groups in total. The number of para-hydroxylation sites is 1. The second-order valence-electron chi connectivity index (χ2n) is 7.74. The molecular formula is C23H26FN3O3. The van der Waals surface area contributed by atoms with Crippen molar-refractivity contribution in [1.29, 1.82) is 0 Å². The molecule has 7 heteroatoms. The quantitative estimate of drug-likeness (QED) is 0.721. The SMILES string of the molecule is COC(=O)[C@H]1Cc2ccccc2CN1CC(=O)N1CCN(c2ccccc2F)CC1. The van der Waals surface area contributed by atoms with E-state index in [9.17, 15) is 14.0 Å². The summed E-state index contributed by atoms with van der Waals surface area (Å²) in [7, 11) is 1.38. The lowest BCUT2D eigenvalue weighted by molar-refractivity contribution is -0.149. The molecule has 4 rings (SSSR count). The summed E-state index contributed by atoms with van der Waals surface area (Å²) in [6, 6.07) is 14.2. The van der Waals surface area contributed by atoms with E-state index in [1.807, 2.05) is 40.1 Å². The standard InChI is InChI=1S/C23H26FN3O3/c1-30-23(29)21-14-17-6-2-3-7-18(17)15-27(21)16-22(28)26-12-10-25(11-13-26)20-9-5-4-8-19(20)24/h2-9,21H,10-16H2,1H3/t21-/m1/s1. The third-order valence-electron chi connectivity index (χ3n) is 5.98. The summed E-state index contributed by atoms with van der Waals surface area (Å²) in [6.07, 6.45) is 0.539. The van der Waals surface area contributed by atoms with Crippen LogP contribution in [0.25, 0.3) is 0 Å². The summed E-state index contributed by atoms with van der Waals surface area (Å²) in [5.41, 5.74) is 2.83. The molecule has 1 amide bonds. The number of amides is 1. The van der Waals surface area contributed by atoms with Crippen molar-refractivity contribution in [3.8, 4) is 0 Å². The van der Waals surface area contributed by atoms with Gasteiger partial charge in [-0.05, 0) is 29.7 Å². The van der Waals surface area contributed by atoms with Gasteiger partial charge in [0, 0.05) is 32.7 Å². The third-order valence-corrected chi connectivity index (χ3v) is 5.98. The van der Waals surface area contributed by atoms with E-state index in [0.29, 0.717) is 44.8 Å². The molecule has 1 atom stereocenters. The number of nitrogens with zero attached hydrogens (tertiary/aromatic N) is 3. The van der Waals surface area contributed by atoms with Gasteiger partial charge in [0.1, 0.15) is 11.9 Å². The monoisotopic (exact) mass is 411 g/mol. The van der Waals surface area contributed by atoms with Crippen molar-refractivity contribution in [3.05, 3.63) is 65.5 Å². The highest BCUT2D eigenvalue weighted by Crippen LogP contribution is 2.25. The lowest BCUT2D eigenvalue weighted by atomic mass is 9.94. The van der Waals surface area contributed by atoms with E-state index < -0.39 is 6.04 Å². The Balaban J connectivity index is 1.40. The molecule has 2 heterocycles. The van der Waals surface area contributed by atoms with Crippen molar-refractivity contribution in [3.63, 3.8) is 0 Å². The number of carbonyl (C=O) groups is 2. The van der Waals surface area contributed by atoms with E-state index in [-0.39, 0.29) is 24.2 Å². The zero-order chi connectivity index (χ0) is 21.1. The number of hydrogen-bond acceptors (Lipinski definition) is 5. The molecule has 0 saturated carbocycles. The van der Waals surface area contributed by atoms with Gasteiger partial charge in [-0.1, -0.05) is 36.4 Å². The zero-order valence-electron chi connectivity index (χ0n) is 17.1. The average molecular weight is 411 g/mol. The minimum Gasteiger partial charge on any atom is -0.468 e. The van der Waals surface area contributed by atoms with E-state index in [1.165, 1.54) is 13.2 Å². The third kappa shape index (κ3) is 4.16. The summed E-state index contributed by atoms with van der Waals surface area (Å²) < 4.78 is 19.0. The number of ether oxygens (including phenoxy) is 1. The van der Waals surface area contributed by atoms with Gasteiger partial charge < -0.3 is 14.5 Å². The zero-order valence-corrected chi connectivity index (χ0v) is 17.1. The van der Waals surface area contributed by atoms with E-state index in [0.717, 1.165) is 11.1 Å². The van der Waals surface area contributed by atoms with Gasteiger partial charge in [0.2, 0.25) is 5.91 Å². The molecule has 1 saturated heterocycles. The summed E-state index contributed by atoms with van der Waals surface area (Å²) in [4.78, 5) is 31.0. The molecule has 2 aliphatic heterocycles. The van der Waals surface area contributed by atoms with Crippen molar-refractivity contribution in [2.75, 3.05) is 44.7 Å². The number of anilines is 1. The largest absolute Gasteiger partial charge is 0.468 e. The lowest BCUT2D eigenvalue weighted by Gasteiger charge is -2.39. The average Bonchev–Trinajstić information content (AvgIpc) is 2.78. The molecule has 2 aromatic rings. The topological polar surface area (TPSA) is 53.1 Å². The molecule has 1 fully saturated rings. The van der Waals surface area contributed by atoms with Gasteiger partial charge >= 0.3 is 5.97 Å². The Morgan fingerprint density at radius 1 is 1.00 bits per heavy atom. The summed E-state index contributed by atoms with van der Waals surface area (Å²) in [5.74, 6) is -0.580. The Labute approximate surface area is 175 Å². The summed E-state index contributed by atoms with van der Waals surface area (Å²) in [6.45, 7) is 2.91. The maximum absolute atomic E-state index is 14.0. The van der Waals surface area contributed by atoms with Crippen LogP contribution in [0.5, 0.6) is 0 Å². The van der Waals surface area contributed by atoms with Gasteiger partial charge in [0.15, 0.2) is 0 Å². The maximum atomic E-state index is 14.0. The molecule has 6 nitrogen and oxygen atoms in total. The fourth-order valence-corrected chi connectivity index (χ4v) is 4.29. The van der Waals surface area contributed by atoms with Gasteiger partial charge in [-0.15, -0.1) is 0 Å². The first kappa shape index (κ1) is 20.3. The first-order valence-corrected chi connectivity index (χ1v) is 10.2. The van der Waals surface area contributed by atoms with Gasteiger partial charge in [0.25, 0.3) is 0 Å². The second-order valence-corrected chi connectivity index (χ2v) is 7.74. The normalized spacial score (nSPS) is 19.3. The molecule has 0 spiro atoms. The van der Waals surface area contributed by atoms with Crippen LogP contribution in [0.1, 0.15) is 11.1 Å². The van der Waals surface area contributed by atoms with E-state index in [1.54, 1.807) is 17.0 Å². The van der Waals surface area contributed by atoms with Crippen molar-refractivity contribution < 1.29 is 18.7 Å². The Bertz CT molecular complexity index is 927. The van der Waals surface area contributed by atoms with Crippen LogP contribution in [0.15, 0.2) is 48.5 Å². The van der Waals surface area contributed by atoms with Gasteiger partial charge in [-0.3, -0.25) is 14.5 Å². The number of rotatable bonds is 4. The molecule has 0 aromatic heterocycles. The van der Waals surface area contributed by atoms with Crippen molar-refractivity contribution in [2.45, 2.75) is 19.0 Å². The predicted molar refractivity (Wildman–Crippen MR) is 112 cm³/mol. The number of piperazine rings is 1. The molecule has 30 heavy (non-hydrogen) atoms. The lowest BCUT2D eigenvalue weighted by Crippen LogP contribution is -2.54. The Kier molecular flexibility index (Phi) is 5.99. The van der Waals surface area contributed by atoms with Crippen LogP contribution in [0.2, 0.25) is 0 Å². The second kappa shape index (κ2) is 8.83. The fourth-order valence-electron chi connectivity index (χ4n) is 4.29. The number of methoxy groups -OCH3 is 1. The van der Waals surface area contributed by atoms with Crippen molar-refractivity contribution in [2.24, 2.45) is 0 Å². The number of halogens is 1. The number of carbonyl (C=O) groups excluding carboxylic acids is 2. The number of esters is 1. The highest BCUT2D eigenvalue weighted by atomic mass is 19.1. The number of hydrogen-bond donors (Lipinski definition) is 0. The van der Waals surface area contributed by atoms with E-state index in [4.69, 9.17) is 4.74 Å². The fraction of sp³-hybridized carbons (Fsp3) is 0.391. The minimum absolute atomic E-state index is 0.0172. The first-order chi connectivity index (χ1) is 14.6. The highest BCUT2D eigenvalue weighted by Gasteiger charge is 2.34. The Morgan fingerprint density at radius 2 is 1.67 bits per heavy atom. The van der Waals surface area contributed by atoms with E-state index >= 15 is 0 Å². The van der Waals surface area contributed by atoms with Gasteiger partial charge in [-0.2, -0.15) is 0 Å². The molecule has 0 radical (unpaired) electrons. The number of fused-ring (bicyclic) bond motifs is 1. The highest BCUT2D eigenvalue weighted by molar-refractivity contribution is 5.81. The van der Waals surface area contributed by atoms with Crippen molar-refractivity contribution in [1.82, 2.24) is 9.80 Å². The van der Waals surface area contributed by atoms with Crippen LogP contribution < -0.4 is 4.90 Å². The Morgan fingerprint density at radius 3 is 2.37 bits per heavy atom. The predicted octanol–water partition coefficient (Wildman–Crippen LogP) is 2.07. The molecule has 158 valence electrons. The van der Waals surface area contributed by atoms with Gasteiger partial charge in [0.05, 0.1) is 19.3 Å². The molecular weight excluding hydrogens is 385 g/mol. The van der Waals surface area contributed by atoms with Crippen LogP contribution in [0.3, 0.4) is 0 Å². The van der Waals surface area contributed by atoms with Crippen LogP contribution in [0, 0.1) is 5.82 Å². The molecule has 0 unspecified atom stereocenters. The maximum Gasteiger partial charge on any atom is 0.323 e. The van der Waals surface area contributed by atoms with Crippen LogP contribution in [0.4, 0.5) is 10.1 Å². The van der Waals surface area contributed by atoms with Gasteiger partial charge in [-0.25, -0.2) is 4.39 Å². The van der Waals surface area contributed by atoms with Crippen LogP contribution in [-0.2, 0) is 27.3 Å². The summed E-state index contributed by atoms with van der Waals surface area (Å²) >= 11 is 0. The molecule has 0 bridgehead atoms. The van der Waals surface area contributed by atoms with Crippen molar-refractivity contribution >= 4 is 17.6 Å². The van der Waals surface area contributed by atoms with E-state index in [2.05, 4.69) is 0 Å². The first-order valence-electron chi connectivity index (χ1n) is 10.2. The van der Waals surface area contributed by atoms with Crippen LogP contribution in [-0.4, -0.2) is 67.6 Å². The molecule has 0 aliphatic carbocycles. The van der Waals surface area contributed by atoms with Crippen LogP contribution >= 0.6 is 0 Å². The molecule has 2 aromatic carbocycles. The number of benzene rings is 2. The Hall–Kier alpha value is -2.93. The summed E-state index contributed by atoms with van der Waals surface area (Å²) in [5, 5.41) is 0. The smallest absolute Gasteiger partial charge is 0.323 e.